The van der Waals surface area contributed by atoms with Crippen LogP contribution in [0.3, 0.4) is 0 Å². The quantitative estimate of drug-likeness (QED) is 0.230. The summed E-state index contributed by atoms with van der Waals surface area (Å²) < 4.78 is 10.1. The fraction of sp³-hybridized carbons (Fsp3) is 0.240. The zero-order valence-corrected chi connectivity index (χ0v) is 19.8. The number of methoxy groups -OCH3 is 2. The van der Waals surface area contributed by atoms with Crippen molar-refractivity contribution in [1.29, 1.82) is 0 Å². The molecule has 1 aliphatic heterocycles. The summed E-state index contributed by atoms with van der Waals surface area (Å²) in [5.41, 5.74) is 2.02. The molecule has 1 aromatic heterocycles. The van der Waals surface area contributed by atoms with E-state index in [1.807, 2.05) is 0 Å². The molecule has 34 heavy (non-hydrogen) atoms. The molecule has 174 valence electrons. The lowest BCUT2D eigenvalue weighted by molar-refractivity contribution is -0.135. The summed E-state index contributed by atoms with van der Waals surface area (Å²) in [5.74, 6) is -3.38. The van der Waals surface area contributed by atoms with Gasteiger partial charge >= 0.3 is 5.97 Å². The molecule has 0 spiro atoms. The average Bonchev–Trinajstić information content (AvgIpc) is 3.35. The number of hydrogen-bond acceptors (Lipinski definition) is 8. The monoisotopic (exact) mass is 478 g/mol. The van der Waals surface area contributed by atoms with Crippen LogP contribution in [0.25, 0.3) is 0 Å². The molecular weight excluding hydrogens is 456 g/mol. The van der Waals surface area contributed by atoms with Crippen molar-refractivity contribution in [3.05, 3.63) is 75.8 Å². The van der Waals surface area contributed by atoms with Gasteiger partial charge in [0.1, 0.15) is 16.5 Å². The fourth-order valence-corrected chi connectivity index (χ4v) is 5.13. The molecule has 0 saturated carbocycles. The third-order valence-corrected chi connectivity index (χ3v) is 6.91. The van der Waals surface area contributed by atoms with Crippen molar-refractivity contribution in [2.24, 2.45) is 5.92 Å². The second-order valence-corrected chi connectivity index (χ2v) is 8.80. The molecule has 0 bridgehead atoms. The zero-order valence-electron chi connectivity index (χ0n) is 19.0. The maximum atomic E-state index is 13.6. The summed E-state index contributed by atoms with van der Waals surface area (Å²) in [7, 11) is 2.79. The summed E-state index contributed by atoms with van der Waals surface area (Å²) in [6.45, 7) is 3.42. The normalized spacial score (nSPS) is 17.7. The van der Waals surface area contributed by atoms with Crippen LogP contribution in [0.4, 0.5) is 5.13 Å². The number of aryl methyl sites for hydroxylation is 2. The number of amides is 1. The van der Waals surface area contributed by atoms with E-state index in [9.17, 15) is 19.2 Å². The van der Waals surface area contributed by atoms with Gasteiger partial charge in [-0.05, 0) is 43.2 Å². The first-order valence-electron chi connectivity index (χ1n) is 10.5. The van der Waals surface area contributed by atoms with Crippen LogP contribution in [-0.4, -0.2) is 42.6 Å². The fourth-order valence-electron chi connectivity index (χ4n) is 4.11. The number of ketones is 2. The lowest BCUT2D eigenvalue weighted by atomic mass is 9.86. The number of anilines is 1. The lowest BCUT2D eigenvalue weighted by Gasteiger charge is -2.25. The Bertz CT molecular complexity index is 1300. The Hall–Kier alpha value is -3.85. The van der Waals surface area contributed by atoms with Crippen molar-refractivity contribution < 1.29 is 28.7 Å². The number of benzene rings is 2. The molecule has 0 aliphatic carbocycles. The number of Topliss-reactive ketones (excluding diaryl/α,β-unsaturated/α-hetero) is 2. The number of thiazole rings is 1. The van der Waals surface area contributed by atoms with E-state index in [0.717, 1.165) is 16.9 Å². The van der Waals surface area contributed by atoms with Crippen molar-refractivity contribution in [2.45, 2.75) is 19.9 Å². The molecule has 1 aliphatic rings. The average molecular weight is 479 g/mol. The van der Waals surface area contributed by atoms with E-state index >= 15 is 0 Å². The number of rotatable bonds is 6. The number of carbonyl (C=O) groups excluding carboxylic acids is 4. The van der Waals surface area contributed by atoms with Crippen molar-refractivity contribution in [3.8, 4) is 5.75 Å². The Morgan fingerprint density at radius 1 is 1.03 bits per heavy atom. The topological polar surface area (TPSA) is 103 Å². The Labute approximate surface area is 200 Å². The largest absolute Gasteiger partial charge is 0.496 e. The summed E-state index contributed by atoms with van der Waals surface area (Å²) in [6, 6.07) is 12.8. The van der Waals surface area contributed by atoms with E-state index in [1.165, 1.54) is 19.1 Å². The highest BCUT2D eigenvalue weighted by Crippen LogP contribution is 2.43. The molecule has 2 atom stereocenters. The van der Waals surface area contributed by atoms with Crippen LogP contribution in [0.2, 0.25) is 0 Å². The molecule has 0 radical (unpaired) electrons. The summed E-state index contributed by atoms with van der Waals surface area (Å²) in [4.78, 5) is 58.0. The van der Waals surface area contributed by atoms with Crippen LogP contribution in [-0.2, 0) is 14.3 Å². The molecular formula is C25H22N2O6S. The van der Waals surface area contributed by atoms with E-state index in [-0.39, 0.29) is 10.0 Å². The standard InChI is InChI=1S/C25H22N2O6S/c1-13-12-16(10-11-17(13)32-3)20(28)18-19(15-8-6-5-7-9-15)27(23(30)21(18)29)25-26-14(2)22(34-25)24(31)33-4/h5-12,18-19H,1-4H3. The van der Waals surface area contributed by atoms with Gasteiger partial charge in [0, 0.05) is 5.56 Å². The number of carbonyl (C=O) groups is 4. The number of aromatic nitrogens is 1. The van der Waals surface area contributed by atoms with Crippen LogP contribution in [0.5, 0.6) is 5.75 Å². The van der Waals surface area contributed by atoms with Gasteiger partial charge in [-0.2, -0.15) is 0 Å². The van der Waals surface area contributed by atoms with Gasteiger partial charge in [-0.1, -0.05) is 41.7 Å². The first kappa shape index (κ1) is 23.3. The summed E-state index contributed by atoms with van der Waals surface area (Å²) >= 11 is 0.950. The second kappa shape index (κ2) is 9.18. The van der Waals surface area contributed by atoms with Gasteiger partial charge in [0.15, 0.2) is 10.9 Å². The predicted octanol–water partition coefficient (Wildman–Crippen LogP) is 3.71. The maximum Gasteiger partial charge on any atom is 0.350 e. The molecule has 2 heterocycles. The minimum Gasteiger partial charge on any atom is -0.496 e. The van der Waals surface area contributed by atoms with E-state index in [2.05, 4.69) is 4.98 Å². The highest BCUT2D eigenvalue weighted by Gasteiger charge is 2.53. The van der Waals surface area contributed by atoms with Gasteiger partial charge in [0.2, 0.25) is 5.78 Å². The minimum absolute atomic E-state index is 0.159. The van der Waals surface area contributed by atoms with Crippen LogP contribution in [0, 0.1) is 19.8 Å². The number of nitrogens with zero attached hydrogens (tertiary/aromatic N) is 2. The molecule has 2 aromatic carbocycles. The summed E-state index contributed by atoms with van der Waals surface area (Å²) in [6.07, 6.45) is 0. The third kappa shape index (κ3) is 3.88. The molecule has 9 heteroatoms. The number of hydrogen-bond donors (Lipinski definition) is 0. The molecule has 3 aromatic rings. The van der Waals surface area contributed by atoms with E-state index < -0.39 is 35.4 Å². The van der Waals surface area contributed by atoms with Gasteiger partial charge in [-0.3, -0.25) is 19.3 Å². The van der Waals surface area contributed by atoms with Crippen molar-refractivity contribution in [2.75, 3.05) is 19.1 Å². The zero-order chi connectivity index (χ0) is 24.6. The molecule has 1 fully saturated rings. The second-order valence-electron chi connectivity index (χ2n) is 7.82. The van der Waals surface area contributed by atoms with Gasteiger partial charge < -0.3 is 9.47 Å². The Morgan fingerprint density at radius 2 is 1.74 bits per heavy atom. The molecule has 0 N–H and O–H groups in total. The molecule has 2 unspecified atom stereocenters. The molecule has 4 rings (SSSR count). The molecule has 1 saturated heterocycles. The van der Waals surface area contributed by atoms with Gasteiger partial charge in [0.25, 0.3) is 5.91 Å². The maximum absolute atomic E-state index is 13.6. The van der Waals surface area contributed by atoms with Gasteiger partial charge in [-0.25, -0.2) is 9.78 Å². The predicted molar refractivity (Wildman–Crippen MR) is 125 cm³/mol. The minimum atomic E-state index is -1.27. The van der Waals surface area contributed by atoms with Crippen LogP contribution in [0.15, 0.2) is 48.5 Å². The van der Waals surface area contributed by atoms with E-state index in [0.29, 0.717) is 22.6 Å². The van der Waals surface area contributed by atoms with E-state index in [4.69, 9.17) is 9.47 Å². The van der Waals surface area contributed by atoms with Crippen LogP contribution < -0.4 is 9.64 Å². The number of ether oxygens (including phenoxy) is 2. The third-order valence-electron chi connectivity index (χ3n) is 5.77. The molecule has 1 amide bonds. The lowest BCUT2D eigenvalue weighted by Crippen LogP contribution is -2.30. The van der Waals surface area contributed by atoms with Gasteiger partial charge in [-0.15, -0.1) is 0 Å². The van der Waals surface area contributed by atoms with Gasteiger partial charge in [0.05, 0.1) is 26.0 Å². The first-order valence-corrected chi connectivity index (χ1v) is 11.3. The smallest absolute Gasteiger partial charge is 0.350 e. The highest BCUT2D eigenvalue weighted by atomic mass is 32.1. The number of esters is 1. The summed E-state index contributed by atoms with van der Waals surface area (Å²) in [5, 5.41) is 0.159. The Morgan fingerprint density at radius 3 is 2.35 bits per heavy atom. The van der Waals surface area contributed by atoms with Crippen molar-refractivity contribution >= 4 is 39.9 Å². The van der Waals surface area contributed by atoms with Crippen molar-refractivity contribution in [3.63, 3.8) is 0 Å². The SMILES string of the molecule is COC(=O)c1sc(N2C(=O)C(=O)C(C(=O)c3ccc(OC)c(C)c3)C2c2ccccc2)nc1C. The van der Waals surface area contributed by atoms with Crippen molar-refractivity contribution in [1.82, 2.24) is 4.98 Å². The highest BCUT2D eigenvalue weighted by molar-refractivity contribution is 7.17. The first-order chi connectivity index (χ1) is 16.3. The molecule has 8 nitrogen and oxygen atoms in total. The Kier molecular flexibility index (Phi) is 6.30. The van der Waals surface area contributed by atoms with Crippen LogP contribution in [0.1, 0.15) is 42.9 Å². The Balaban J connectivity index is 1.83. The van der Waals surface area contributed by atoms with E-state index in [1.54, 1.807) is 62.4 Å². The van der Waals surface area contributed by atoms with Crippen LogP contribution >= 0.6 is 11.3 Å².